The van der Waals surface area contributed by atoms with E-state index in [2.05, 4.69) is 20.8 Å². The summed E-state index contributed by atoms with van der Waals surface area (Å²) in [6, 6.07) is 0. The molecule has 2 saturated carbocycles. The van der Waals surface area contributed by atoms with Gasteiger partial charge in [0.15, 0.2) is 5.79 Å². The Morgan fingerprint density at radius 1 is 1.04 bits per heavy atom. The van der Waals surface area contributed by atoms with Crippen molar-refractivity contribution >= 4 is 5.97 Å². The van der Waals surface area contributed by atoms with Gasteiger partial charge >= 0.3 is 5.97 Å². The summed E-state index contributed by atoms with van der Waals surface area (Å²) in [6.45, 7) is 7.36. The zero-order valence-electron chi connectivity index (χ0n) is 14.9. The maximum Gasteiger partial charge on any atom is 0.311 e. The predicted molar refractivity (Wildman–Crippen MR) is 85.7 cm³/mol. The molecule has 4 fully saturated rings. The van der Waals surface area contributed by atoms with Crippen molar-refractivity contribution in [3.05, 3.63) is 0 Å². The summed E-state index contributed by atoms with van der Waals surface area (Å²) >= 11 is 0. The first-order chi connectivity index (χ1) is 10.8. The quantitative estimate of drug-likeness (QED) is 0.691. The molecular weight excluding hydrogens is 292 g/mol. The average molecular weight is 322 g/mol. The fraction of sp³-hybridized carbons (Fsp3) is 0.947. The molecule has 2 aliphatic heterocycles. The Morgan fingerprint density at radius 2 is 1.78 bits per heavy atom. The van der Waals surface area contributed by atoms with Gasteiger partial charge in [0.05, 0.1) is 24.7 Å². The molecule has 0 N–H and O–H groups in total. The van der Waals surface area contributed by atoms with Gasteiger partial charge < -0.3 is 14.2 Å². The molecule has 23 heavy (non-hydrogen) atoms. The van der Waals surface area contributed by atoms with E-state index in [9.17, 15) is 4.79 Å². The largest absolute Gasteiger partial charge is 0.469 e. The van der Waals surface area contributed by atoms with Gasteiger partial charge in [0.25, 0.3) is 0 Å². The van der Waals surface area contributed by atoms with E-state index in [0.717, 1.165) is 45.1 Å². The van der Waals surface area contributed by atoms with Crippen LogP contribution in [0.25, 0.3) is 0 Å². The number of hydrogen-bond acceptors (Lipinski definition) is 4. The van der Waals surface area contributed by atoms with Gasteiger partial charge in [0.2, 0.25) is 0 Å². The molecule has 0 aromatic rings. The molecule has 2 heterocycles. The minimum absolute atomic E-state index is 0.0198. The number of ether oxygens (including phenoxy) is 3. The lowest BCUT2D eigenvalue weighted by Gasteiger charge is -2.62. The minimum atomic E-state index is -0.375. The molecule has 4 aliphatic rings. The molecule has 1 spiro atoms. The van der Waals surface area contributed by atoms with Gasteiger partial charge in [-0.15, -0.1) is 0 Å². The lowest BCUT2D eigenvalue weighted by molar-refractivity contribution is -0.262. The molecule has 2 aliphatic carbocycles. The maximum atomic E-state index is 12.6. The van der Waals surface area contributed by atoms with Crippen molar-refractivity contribution in [3.8, 4) is 0 Å². The monoisotopic (exact) mass is 322 g/mol. The number of hydrogen-bond donors (Lipinski definition) is 0. The summed E-state index contributed by atoms with van der Waals surface area (Å²) in [5.41, 5.74) is -0.315. The fourth-order valence-corrected chi connectivity index (χ4v) is 6.80. The van der Waals surface area contributed by atoms with Crippen molar-refractivity contribution in [3.63, 3.8) is 0 Å². The molecule has 2 bridgehead atoms. The third-order valence-corrected chi connectivity index (χ3v) is 7.84. The van der Waals surface area contributed by atoms with Gasteiger partial charge in [0.1, 0.15) is 0 Å². The predicted octanol–water partition coefficient (Wildman–Crippen LogP) is 3.68. The van der Waals surface area contributed by atoms with E-state index < -0.39 is 0 Å². The summed E-state index contributed by atoms with van der Waals surface area (Å²) in [5.74, 6) is 0.489. The Morgan fingerprint density at radius 3 is 2.52 bits per heavy atom. The second-order valence-electron chi connectivity index (χ2n) is 9.04. The first-order valence-electron chi connectivity index (χ1n) is 9.21. The Balaban J connectivity index is 1.72. The molecule has 130 valence electrons. The highest BCUT2D eigenvalue weighted by atomic mass is 16.8. The number of carbonyl (C=O) groups is 1. The number of esters is 1. The molecule has 0 aromatic carbocycles. The highest BCUT2D eigenvalue weighted by Crippen LogP contribution is 2.67. The number of fused-ring (bicyclic) bond motifs is 3. The molecule has 4 heteroatoms. The van der Waals surface area contributed by atoms with Crippen molar-refractivity contribution in [2.75, 3.05) is 13.7 Å². The molecule has 6 atom stereocenters. The average Bonchev–Trinajstić information content (AvgIpc) is 2.76. The smallest absolute Gasteiger partial charge is 0.311 e. The lowest BCUT2D eigenvalue weighted by atomic mass is 9.44. The Labute approximate surface area is 139 Å². The van der Waals surface area contributed by atoms with Crippen molar-refractivity contribution < 1.29 is 19.0 Å². The Bertz CT molecular complexity index is 533. The minimum Gasteiger partial charge on any atom is -0.469 e. The zero-order valence-corrected chi connectivity index (χ0v) is 14.9. The van der Waals surface area contributed by atoms with E-state index in [0.29, 0.717) is 11.8 Å². The van der Waals surface area contributed by atoms with Crippen molar-refractivity contribution in [2.45, 2.75) is 77.1 Å². The van der Waals surface area contributed by atoms with Crippen molar-refractivity contribution in [2.24, 2.45) is 22.7 Å². The van der Waals surface area contributed by atoms with Crippen LogP contribution in [0, 0.1) is 22.7 Å². The molecule has 0 unspecified atom stereocenters. The van der Waals surface area contributed by atoms with Crippen LogP contribution in [0.4, 0.5) is 0 Å². The van der Waals surface area contributed by atoms with Crippen LogP contribution < -0.4 is 0 Å². The molecule has 4 nitrogen and oxygen atoms in total. The first-order valence-corrected chi connectivity index (χ1v) is 9.21. The third-order valence-electron chi connectivity index (χ3n) is 7.84. The van der Waals surface area contributed by atoms with Gasteiger partial charge in [-0.2, -0.15) is 0 Å². The fourth-order valence-electron chi connectivity index (χ4n) is 6.80. The lowest BCUT2D eigenvalue weighted by Crippen LogP contribution is -2.63. The summed E-state index contributed by atoms with van der Waals surface area (Å²) in [7, 11) is 1.53. The zero-order chi connectivity index (χ0) is 16.5. The highest BCUT2D eigenvalue weighted by molar-refractivity contribution is 5.77. The van der Waals surface area contributed by atoms with Crippen LogP contribution in [0.5, 0.6) is 0 Å². The molecular formula is C19H30O4. The first kappa shape index (κ1) is 15.9. The second kappa shape index (κ2) is 4.72. The van der Waals surface area contributed by atoms with E-state index in [4.69, 9.17) is 14.2 Å². The van der Waals surface area contributed by atoms with Gasteiger partial charge in [-0.25, -0.2) is 0 Å². The van der Waals surface area contributed by atoms with Crippen LogP contribution in [-0.4, -0.2) is 31.1 Å². The molecule has 4 rings (SSSR count). The van der Waals surface area contributed by atoms with E-state index in [-0.39, 0.29) is 28.2 Å². The van der Waals surface area contributed by atoms with Gasteiger partial charge in [-0.05, 0) is 63.2 Å². The van der Waals surface area contributed by atoms with Crippen LogP contribution >= 0.6 is 0 Å². The Hall–Kier alpha value is -0.610. The molecule has 0 radical (unpaired) electrons. The topological polar surface area (TPSA) is 44.8 Å². The highest BCUT2D eigenvalue weighted by Gasteiger charge is 2.68. The molecule has 0 aromatic heterocycles. The summed E-state index contributed by atoms with van der Waals surface area (Å²) in [5, 5.41) is 0. The Kier molecular flexibility index (Phi) is 3.26. The number of carbonyl (C=O) groups excluding carboxylic acids is 1. The normalized spacial score (nSPS) is 55.0. The van der Waals surface area contributed by atoms with Gasteiger partial charge in [-0.3, -0.25) is 4.79 Å². The second-order valence-corrected chi connectivity index (χ2v) is 9.04. The summed E-state index contributed by atoms with van der Waals surface area (Å²) in [4.78, 5) is 12.6. The molecule has 0 amide bonds. The number of methoxy groups -OCH3 is 1. The van der Waals surface area contributed by atoms with Crippen LogP contribution in [0.2, 0.25) is 0 Å². The molecule has 2 saturated heterocycles. The summed E-state index contributed by atoms with van der Waals surface area (Å²) in [6.07, 6.45) is 7.42. The van der Waals surface area contributed by atoms with E-state index in [1.807, 2.05) is 0 Å². The van der Waals surface area contributed by atoms with Gasteiger partial charge in [0, 0.05) is 6.42 Å². The van der Waals surface area contributed by atoms with E-state index >= 15 is 0 Å². The van der Waals surface area contributed by atoms with Crippen LogP contribution in [-0.2, 0) is 19.0 Å². The van der Waals surface area contributed by atoms with Crippen LogP contribution in [0.1, 0.15) is 65.7 Å². The third kappa shape index (κ3) is 1.94. The van der Waals surface area contributed by atoms with Crippen molar-refractivity contribution in [1.29, 1.82) is 0 Å². The van der Waals surface area contributed by atoms with E-state index in [1.54, 1.807) is 0 Å². The number of rotatable bonds is 1. The van der Waals surface area contributed by atoms with Gasteiger partial charge in [-0.1, -0.05) is 13.3 Å². The van der Waals surface area contributed by atoms with Crippen molar-refractivity contribution in [1.82, 2.24) is 0 Å². The maximum absolute atomic E-state index is 12.6. The van der Waals surface area contributed by atoms with Crippen LogP contribution in [0.3, 0.4) is 0 Å². The van der Waals surface area contributed by atoms with Crippen LogP contribution in [0.15, 0.2) is 0 Å². The van der Waals surface area contributed by atoms with E-state index in [1.165, 1.54) is 13.5 Å². The standard InChI is InChI=1S/C19H30O4/c1-16-8-5-9-17(2,15(20)21-4)13(16)7-11-19-12-22-18(3,23-19)10-6-14(16)19/h13-14H,5-12H2,1-4H3/t13-,14-,16+,17+,18+,19+/m1/s1. The summed E-state index contributed by atoms with van der Waals surface area (Å²) < 4.78 is 17.8. The SMILES string of the molecule is COC(=O)[C@@]1(C)CCC[C@@]2(C)[C@H]1CC[C@]13CO[C@](C)(CC[C@@H]12)O3.